The van der Waals surface area contributed by atoms with Crippen molar-refractivity contribution in [3.63, 3.8) is 0 Å². The summed E-state index contributed by atoms with van der Waals surface area (Å²) in [5.74, 6) is 0.680. The minimum atomic E-state index is 0.680. The maximum atomic E-state index is 5.13. The molecule has 4 heteroatoms. The lowest BCUT2D eigenvalue weighted by atomic mass is 10.1. The summed E-state index contributed by atoms with van der Waals surface area (Å²) in [5, 5.41) is 6.75. The van der Waals surface area contributed by atoms with Crippen LogP contribution in [0.2, 0.25) is 0 Å². The van der Waals surface area contributed by atoms with Gasteiger partial charge in [0.05, 0.1) is 39.0 Å². The van der Waals surface area contributed by atoms with Gasteiger partial charge < -0.3 is 8.97 Å². The largest absolute Gasteiger partial charge is 0.309 e. The molecule has 0 saturated carbocycles. The molecule has 0 amide bonds. The SMILES string of the molecule is C=C/C=c1\c(=C)c2cc3ccccc3n2c2cc3c4ccccc4n(-c4cccc(-c5nc(-c6ccccc6)cc(-c6ccccc6)n5)c4)c3cc12. The van der Waals surface area contributed by atoms with Crippen molar-refractivity contribution >= 4 is 61.8 Å². The fourth-order valence-electron chi connectivity index (χ4n) is 7.80. The van der Waals surface area contributed by atoms with Crippen LogP contribution in [-0.2, 0) is 0 Å². The summed E-state index contributed by atoms with van der Waals surface area (Å²) >= 11 is 0. The maximum Gasteiger partial charge on any atom is 0.160 e. The van der Waals surface area contributed by atoms with Gasteiger partial charge in [0.15, 0.2) is 5.82 Å². The second-order valence-corrected chi connectivity index (χ2v) is 13.2. The predicted octanol–water partition coefficient (Wildman–Crippen LogP) is 10.5. The highest BCUT2D eigenvalue weighted by atomic mass is 15.0. The third kappa shape index (κ3) is 4.62. The maximum absolute atomic E-state index is 5.13. The number of nitrogens with zero attached hydrogens (tertiary/aromatic N) is 4. The van der Waals surface area contributed by atoms with Crippen molar-refractivity contribution < 1.29 is 0 Å². The number of allylic oxidation sites excluding steroid dienone is 1. The number of pyridine rings is 1. The molecule has 0 radical (unpaired) electrons. The van der Waals surface area contributed by atoms with Crippen LogP contribution in [0.3, 0.4) is 0 Å². The number of fused-ring (bicyclic) bond motifs is 8. The molecule has 0 aliphatic carbocycles. The Kier molecular flexibility index (Phi) is 6.76. The Hall–Kier alpha value is -7.04. The smallest absolute Gasteiger partial charge is 0.160 e. The first kappa shape index (κ1) is 29.8. The van der Waals surface area contributed by atoms with Crippen molar-refractivity contribution in [1.82, 2.24) is 18.9 Å². The van der Waals surface area contributed by atoms with Crippen LogP contribution in [0.25, 0.3) is 101 Å². The fraction of sp³-hybridized carbons (Fsp3) is 0. The highest BCUT2D eigenvalue weighted by Gasteiger charge is 2.18. The zero-order chi connectivity index (χ0) is 34.8. The minimum Gasteiger partial charge on any atom is -0.309 e. The average molecular weight is 665 g/mol. The molecule has 0 fully saturated rings. The van der Waals surface area contributed by atoms with E-state index >= 15 is 0 Å². The molecule has 6 aromatic carbocycles. The van der Waals surface area contributed by atoms with Crippen molar-refractivity contribution in [2.75, 3.05) is 0 Å². The molecule has 244 valence electrons. The van der Waals surface area contributed by atoms with E-state index in [2.05, 4.69) is 150 Å². The molecule has 0 unspecified atom stereocenters. The summed E-state index contributed by atoms with van der Waals surface area (Å²) in [6, 6.07) is 55.4. The number of aromatic nitrogens is 4. The second-order valence-electron chi connectivity index (χ2n) is 13.2. The summed E-state index contributed by atoms with van der Waals surface area (Å²) in [5.41, 5.74) is 11.5. The average Bonchev–Trinajstić information content (AvgIpc) is 3.76. The van der Waals surface area contributed by atoms with Gasteiger partial charge in [0.25, 0.3) is 0 Å². The first-order valence-electron chi connectivity index (χ1n) is 17.5. The van der Waals surface area contributed by atoms with Crippen molar-refractivity contribution in [1.29, 1.82) is 0 Å². The molecular formula is C48H32N4. The molecule has 0 atom stereocenters. The number of hydrogen-bond acceptors (Lipinski definition) is 2. The molecule has 0 aliphatic rings. The Balaban J connectivity index is 1.25. The zero-order valence-electron chi connectivity index (χ0n) is 28.4. The third-order valence-electron chi connectivity index (χ3n) is 10.2. The van der Waals surface area contributed by atoms with E-state index in [1.54, 1.807) is 0 Å². The topological polar surface area (TPSA) is 35.1 Å². The van der Waals surface area contributed by atoms with Gasteiger partial charge in [-0.25, -0.2) is 9.97 Å². The lowest BCUT2D eigenvalue weighted by molar-refractivity contribution is 1.16. The van der Waals surface area contributed by atoms with Gasteiger partial charge in [0.2, 0.25) is 0 Å². The molecule has 0 bridgehead atoms. The van der Waals surface area contributed by atoms with Crippen molar-refractivity contribution in [3.8, 4) is 39.6 Å². The van der Waals surface area contributed by atoms with E-state index in [-0.39, 0.29) is 0 Å². The Morgan fingerprint density at radius 3 is 1.85 bits per heavy atom. The van der Waals surface area contributed by atoms with Crippen LogP contribution in [-0.4, -0.2) is 18.9 Å². The molecule has 10 aromatic rings. The summed E-state index contributed by atoms with van der Waals surface area (Å²) in [4.78, 5) is 10.3. The van der Waals surface area contributed by atoms with Gasteiger partial charge in [0, 0.05) is 43.9 Å². The van der Waals surface area contributed by atoms with Crippen molar-refractivity contribution in [2.24, 2.45) is 0 Å². The van der Waals surface area contributed by atoms with Gasteiger partial charge in [-0.05, 0) is 59.0 Å². The van der Waals surface area contributed by atoms with Crippen LogP contribution in [0, 0.1) is 0 Å². The lowest BCUT2D eigenvalue weighted by Crippen LogP contribution is -2.26. The molecule has 10 rings (SSSR count). The molecular weight excluding hydrogens is 633 g/mol. The van der Waals surface area contributed by atoms with Crippen LogP contribution in [0.4, 0.5) is 0 Å². The quantitative estimate of drug-likeness (QED) is 0.184. The molecule has 4 heterocycles. The van der Waals surface area contributed by atoms with Gasteiger partial charge in [-0.15, -0.1) is 0 Å². The normalized spacial score (nSPS) is 12.1. The third-order valence-corrected chi connectivity index (χ3v) is 10.2. The number of para-hydroxylation sites is 2. The van der Waals surface area contributed by atoms with Crippen molar-refractivity contribution in [3.05, 3.63) is 181 Å². The fourth-order valence-corrected chi connectivity index (χ4v) is 7.80. The van der Waals surface area contributed by atoms with Crippen LogP contribution in [0.15, 0.2) is 170 Å². The molecule has 0 spiro atoms. The lowest BCUT2D eigenvalue weighted by Gasteiger charge is -2.13. The van der Waals surface area contributed by atoms with E-state index in [4.69, 9.17) is 9.97 Å². The molecule has 0 saturated heterocycles. The van der Waals surface area contributed by atoms with Crippen LogP contribution < -0.4 is 10.4 Å². The number of rotatable bonds is 5. The first-order chi connectivity index (χ1) is 25.7. The van der Waals surface area contributed by atoms with E-state index < -0.39 is 0 Å². The van der Waals surface area contributed by atoms with E-state index in [1.165, 1.54) is 21.7 Å². The Morgan fingerprint density at radius 1 is 0.481 bits per heavy atom. The molecule has 0 N–H and O–H groups in total. The number of hydrogen-bond donors (Lipinski definition) is 0. The molecule has 4 aromatic heterocycles. The van der Waals surface area contributed by atoms with E-state index in [1.807, 2.05) is 42.5 Å². The highest BCUT2D eigenvalue weighted by Crippen LogP contribution is 2.36. The molecule has 0 aliphatic heterocycles. The van der Waals surface area contributed by atoms with E-state index in [0.29, 0.717) is 5.82 Å². The summed E-state index contributed by atoms with van der Waals surface area (Å²) in [6.07, 6.45) is 3.95. The van der Waals surface area contributed by atoms with Crippen molar-refractivity contribution in [2.45, 2.75) is 0 Å². The first-order valence-corrected chi connectivity index (χ1v) is 17.5. The van der Waals surface area contributed by atoms with Gasteiger partial charge >= 0.3 is 0 Å². The van der Waals surface area contributed by atoms with Gasteiger partial charge in [-0.2, -0.15) is 0 Å². The van der Waals surface area contributed by atoms with Crippen LogP contribution in [0.5, 0.6) is 0 Å². The predicted molar refractivity (Wildman–Crippen MR) is 218 cm³/mol. The van der Waals surface area contributed by atoms with E-state index in [0.717, 1.165) is 71.7 Å². The van der Waals surface area contributed by atoms with Gasteiger partial charge in [-0.1, -0.05) is 135 Å². The summed E-state index contributed by atoms with van der Waals surface area (Å²) < 4.78 is 4.73. The molecule has 52 heavy (non-hydrogen) atoms. The minimum absolute atomic E-state index is 0.680. The monoisotopic (exact) mass is 664 g/mol. The second kappa shape index (κ2) is 11.8. The summed E-state index contributed by atoms with van der Waals surface area (Å²) in [6.45, 7) is 8.67. The highest BCUT2D eigenvalue weighted by molar-refractivity contribution is 6.14. The van der Waals surface area contributed by atoms with Crippen LogP contribution in [0.1, 0.15) is 0 Å². The zero-order valence-corrected chi connectivity index (χ0v) is 28.4. The Labute approximate surface area is 300 Å². The van der Waals surface area contributed by atoms with Gasteiger partial charge in [0.1, 0.15) is 0 Å². The Bertz CT molecular complexity index is 3090. The molecule has 4 nitrogen and oxygen atoms in total. The van der Waals surface area contributed by atoms with Crippen LogP contribution >= 0.6 is 0 Å². The summed E-state index contributed by atoms with van der Waals surface area (Å²) in [7, 11) is 0. The van der Waals surface area contributed by atoms with Gasteiger partial charge in [-0.3, -0.25) is 0 Å². The Morgan fingerprint density at radius 2 is 1.12 bits per heavy atom. The standard InChI is InChI=1S/C48H32N4/c1-3-15-37-31(2)45-27-34-20-10-12-24-43(34)52(45)47-29-40-38-23-11-13-25-44(38)51(46(40)28-39(37)47)36-22-14-21-35(26-36)48-49-41(32-16-6-4-7-17-32)30-42(50-48)33-18-8-5-9-19-33/h3-30H,1-2H2/b37-15+. The number of benzene rings is 6. The van der Waals surface area contributed by atoms with E-state index in [9.17, 15) is 0 Å².